The third kappa shape index (κ3) is 5.76. The normalized spacial score (nSPS) is 25.7. The minimum atomic E-state index is 0. The summed E-state index contributed by atoms with van der Waals surface area (Å²) in [6.45, 7) is 11.5. The van der Waals surface area contributed by atoms with Gasteiger partial charge in [0.05, 0.1) is 6.10 Å². The van der Waals surface area contributed by atoms with Gasteiger partial charge in [0.2, 0.25) is 0 Å². The van der Waals surface area contributed by atoms with Crippen molar-refractivity contribution < 1.29 is 4.74 Å². The van der Waals surface area contributed by atoms with Gasteiger partial charge in [0.15, 0.2) is 5.96 Å². The fourth-order valence-corrected chi connectivity index (χ4v) is 4.77. The Kier molecular flexibility index (Phi) is 8.54. The monoisotopic (exact) mass is 489 g/mol. The highest BCUT2D eigenvalue weighted by Crippen LogP contribution is 2.35. The van der Waals surface area contributed by atoms with Crippen LogP contribution in [-0.2, 0) is 4.74 Å². The van der Waals surface area contributed by atoms with Crippen LogP contribution in [0.2, 0.25) is 0 Å². The molecule has 3 rings (SSSR count). The van der Waals surface area contributed by atoms with Crippen LogP contribution in [0.3, 0.4) is 0 Å². The Balaban J connectivity index is 0.00000243. The maximum absolute atomic E-state index is 6.02. The van der Waals surface area contributed by atoms with Crippen LogP contribution in [0.1, 0.15) is 38.9 Å². The Bertz CT molecular complexity index is 582. The standard InChI is InChI=1S/C20H31N3OS.HI/c1-4-21-19(23-11-13-25-20(2,3)15-23)22-14-17-10-12-24-18(17)16-8-6-5-7-9-16;/h5-9,17-18H,4,10-15H2,1-3H3,(H,21,22);1H. The number of thioether (sulfide) groups is 1. The van der Waals surface area contributed by atoms with Crippen LogP contribution in [0.15, 0.2) is 35.3 Å². The first kappa shape index (κ1) is 21.8. The van der Waals surface area contributed by atoms with Gasteiger partial charge in [-0.25, -0.2) is 0 Å². The van der Waals surface area contributed by atoms with Crippen molar-refractivity contribution in [3.63, 3.8) is 0 Å². The summed E-state index contributed by atoms with van der Waals surface area (Å²) in [4.78, 5) is 7.43. The average molecular weight is 489 g/mol. The van der Waals surface area contributed by atoms with E-state index in [0.717, 1.165) is 50.9 Å². The lowest BCUT2D eigenvalue weighted by molar-refractivity contribution is 0.0925. The summed E-state index contributed by atoms with van der Waals surface area (Å²) >= 11 is 2.06. The molecule has 0 aromatic heterocycles. The van der Waals surface area contributed by atoms with Crippen LogP contribution in [-0.4, -0.2) is 54.1 Å². The number of halogens is 1. The fraction of sp³-hybridized carbons (Fsp3) is 0.650. The van der Waals surface area contributed by atoms with E-state index in [4.69, 9.17) is 9.73 Å². The lowest BCUT2D eigenvalue weighted by atomic mass is 9.95. The molecule has 0 saturated carbocycles. The largest absolute Gasteiger partial charge is 0.373 e. The molecule has 0 radical (unpaired) electrons. The SMILES string of the molecule is CCNC(=NCC1CCOC1c1ccccc1)N1CCSC(C)(C)C1.I. The minimum Gasteiger partial charge on any atom is -0.373 e. The molecule has 2 unspecified atom stereocenters. The lowest BCUT2D eigenvalue weighted by Crippen LogP contribution is -2.51. The molecule has 0 amide bonds. The highest BCUT2D eigenvalue weighted by atomic mass is 127. The minimum absolute atomic E-state index is 0. The molecule has 6 heteroatoms. The molecule has 2 saturated heterocycles. The van der Waals surface area contributed by atoms with E-state index in [9.17, 15) is 0 Å². The molecule has 146 valence electrons. The molecule has 0 spiro atoms. The molecule has 2 atom stereocenters. The van der Waals surface area contributed by atoms with Crippen LogP contribution in [0, 0.1) is 5.92 Å². The number of aliphatic imine (C=N–C) groups is 1. The second-order valence-electron chi connectivity index (χ2n) is 7.48. The van der Waals surface area contributed by atoms with Crippen molar-refractivity contribution in [3.05, 3.63) is 35.9 Å². The first-order valence-corrected chi connectivity index (χ1v) is 10.4. The topological polar surface area (TPSA) is 36.9 Å². The van der Waals surface area contributed by atoms with E-state index in [1.807, 2.05) is 0 Å². The Labute approximate surface area is 179 Å². The van der Waals surface area contributed by atoms with Gasteiger partial charge in [0, 0.05) is 49.2 Å². The summed E-state index contributed by atoms with van der Waals surface area (Å²) in [5.41, 5.74) is 1.28. The van der Waals surface area contributed by atoms with Gasteiger partial charge < -0.3 is 15.0 Å². The molecule has 0 bridgehead atoms. The molecule has 1 N–H and O–H groups in total. The van der Waals surface area contributed by atoms with Crippen LogP contribution in [0.4, 0.5) is 0 Å². The summed E-state index contributed by atoms with van der Waals surface area (Å²) in [6.07, 6.45) is 1.27. The first-order valence-electron chi connectivity index (χ1n) is 9.43. The Morgan fingerprint density at radius 1 is 1.35 bits per heavy atom. The summed E-state index contributed by atoms with van der Waals surface area (Å²) < 4.78 is 6.31. The van der Waals surface area contributed by atoms with Crippen LogP contribution >= 0.6 is 35.7 Å². The number of benzene rings is 1. The quantitative estimate of drug-likeness (QED) is 0.391. The number of rotatable bonds is 4. The fourth-order valence-electron chi connectivity index (χ4n) is 3.66. The molecule has 26 heavy (non-hydrogen) atoms. The van der Waals surface area contributed by atoms with E-state index in [2.05, 4.69) is 73.1 Å². The molecular weight excluding hydrogens is 457 g/mol. The lowest BCUT2D eigenvalue weighted by Gasteiger charge is -2.39. The maximum Gasteiger partial charge on any atom is 0.193 e. The molecule has 0 aliphatic carbocycles. The highest BCUT2D eigenvalue weighted by Gasteiger charge is 2.31. The van der Waals surface area contributed by atoms with Crippen molar-refractivity contribution in [1.29, 1.82) is 0 Å². The summed E-state index contributed by atoms with van der Waals surface area (Å²) in [5.74, 6) is 2.69. The zero-order valence-electron chi connectivity index (χ0n) is 16.1. The Morgan fingerprint density at radius 2 is 2.12 bits per heavy atom. The van der Waals surface area contributed by atoms with Crippen LogP contribution in [0.25, 0.3) is 0 Å². The number of guanidine groups is 1. The maximum atomic E-state index is 6.02. The Hall–Kier alpha value is -0.470. The second kappa shape index (κ2) is 10.2. The van der Waals surface area contributed by atoms with E-state index in [1.165, 1.54) is 5.56 Å². The van der Waals surface area contributed by atoms with Crippen molar-refractivity contribution in [2.45, 2.75) is 38.0 Å². The van der Waals surface area contributed by atoms with Gasteiger partial charge in [-0.15, -0.1) is 24.0 Å². The number of nitrogens with zero attached hydrogens (tertiary/aromatic N) is 2. The van der Waals surface area contributed by atoms with Crippen molar-refractivity contribution in [1.82, 2.24) is 10.2 Å². The van der Waals surface area contributed by atoms with E-state index in [0.29, 0.717) is 5.92 Å². The average Bonchev–Trinajstić information content (AvgIpc) is 3.07. The van der Waals surface area contributed by atoms with Gasteiger partial charge in [0.25, 0.3) is 0 Å². The molecule has 1 aromatic carbocycles. The third-order valence-electron chi connectivity index (χ3n) is 4.88. The van der Waals surface area contributed by atoms with E-state index in [-0.39, 0.29) is 34.8 Å². The summed E-state index contributed by atoms with van der Waals surface area (Å²) in [5, 5.41) is 3.49. The van der Waals surface area contributed by atoms with Crippen molar-refractivity contribution in [2.75, 3.05) is 38.5 Å². The van der Waals surface area contributed by atoms with E-state index in [1.54, 1.807) is 0 Å². The summed E-state index contributed by atoms with van der Waals surface area (Å²) in [6, 6.07) is 10.6. The highest BCUT2D eigenvalue weighted by molar-refractivity contribution is 14.0. The van der Waals surface area contributed by atoms with Crippen LogP contribution in [0.5, 0.6) is 0 Å². The molecule has 2 fully saturated rings. The van der Waals surface area contributed by atoms with Crippen molar-refractivity contribution >= 4 is 41.7 Å². The van der Waals surface area contributed by atoms with E-state index >= 15 is 0 Å². The van der Waals surface area contributed by atoms with Gasteiger partial charge >= 0.3 is 0 Å². The molecule has 2 heterocycles. The molecule has 2 aliphatic heterocycles. The van der Waals surface area contributed by atoms with Gasteiger partial charge in [-0.2, -0.15) is 11.8 Å². The van der Waals surface area contributed by atoms with Gasteiger partial charge in [-0.05, 0) is 32.8 Å². The second-order valence-corrected chi connectivity index (χ2v) is 9.28. The van der Waals surface area contributed by atoms with E-state index < -0.39 is 0 Å². The van der Waals surface area contributed by atoms with Gasteiger partial charge in [-0.1, -0.05) is 30.3 Å². The molecule has 4 nitrogen and oxygen atoms in total. The van der Waals surface area contributed by atoms with Gasteiger partial charge in [-0.3, -0.25) is 4.99 Å². The third-order valence-corrected chi connectivity index (χ3v) is 6.18. The summed E-state index contributed by atoms with van der Waals surface area (Å²) in [7, 11) is 0. The predicted octanol–water partition coefficient (Wildman–Crippen LogP) is 4.18. The van der Waals surface area contributed by atoms with Crippen molar-refractivity contribution in [3.8, 4) is 0 Å². The van der Waals surface area contributed by atoms with Crippen molar-refractivity contribution in [2.24, 2.45) is 10.9 Å². The number of hydrogen-bond acceptors (Lipinski definition) is 3. The smallest absolute Gasteiger partial charge is 0.193 e. The predicted molar refractivity (Wildman–Crippen MR) is 123 cm³/mol. The zero-order valence-corrected chi connectivity index (χ0v) is 19.3. The van der Waals surface area contributed by atoms with Crippen LogP contribution < -0.4 is 5.32 Å². The number of nitrogens with one attached hydrogen (secondary N) is 1. The van der Waals surface area contributed by atoms with Gasteiger partial charge in [0.1, 0.15) is 0 Å². The number of ether oxygens (including phenoxy) is 1. The molecule has 2 aliphatic rings. The molecular formula is C20H32IN3OS. The zero-order chi connectivity index (χ0) is 17.7. The molecule has 1 aromatic rings. The number of hydrogen-bond donors (Lipinski definition) is 1. The Morgan fingerprint density at radius 3 is 2.81 bits per heavy atom. The first-order chi connectivity index (χ1) is 12.1.